The summed E-state index contributed by atoms with van der Waals surface area (Å²) in [4.78, 5) is 0. The normalized spacial score (nSPS) is 29.6. The molecular weight excluding hydrogens is 314 g/mol. The van der Waals surface area contributed by atoms with Gasteiger partial charge in [0.05, 0.1) is 11.6 Å². The molecule has 2 saturated carbocycles. The van der Waals surface area contributed by atoms with Gasteiger partial charge in [0.1, 0.15) is 5.75 Å². The van der Waals surface area contributed by atoms with E-state index < -0.39 is 0 Å². The van der Waals surface area contributed by atoms with Crippen molar-refractivity contribution in [3.63, 3.8) is 0 Å². The largest absolute Gasteiger partial charge is 0.496 e. The highest BCUT2D eigenvalue weighted by Crippen LogP contribution is 2.49. The van der Waals surface area contributed by atoms with Crippen molar-refractivity contribution in [2.75, 3.05) is 7.11 Å². The first-order chi connectivity index (χ1) is 9.65. The number of hydrogen-bond donors (Lipinski definition) is 1. The smallest absolute Gasteiger partial charge is 0.133 e. The second-order valence-corrected chi connectivity index (χ2v) is 7.46. The standard InChI is InChI=1S/C17H24BrNO/c1-20-17-5-3-12(9-16(17)18)8-15(19)10-14-7-11-2-4-13(14)6-11/h3,5,9,11,13-15H,2,4,6-8,10,19H2,1H3. The third-order valence-corrected chi connectivity index (χ3v) is 5.82. The van der Waals surface area contributed by atoms with Gasteiger partial charge in [0.15, 0.2) is 0 Å². The Kier molecular flexibility index (Phi) is 4.37. The monoisotopic (exact) mass is 337 g/mol. The van der Waals surface area contributed by atoms with E-state index in [4.69, 9.17) is 10.5 Å². The molecule has 2 bridgehead atoms. The molecule has 0 aromatic heterocycles. The molecule has 3 heteroatoms. The van der Waals surface area contributed by atoms with Crippen LogP contribution in [0.4, 0.5) is 0 Å². The van der Waals surface area contributed by atoms with Crippen molar-refractivity contribution < 1.29 is 4.74 Å². The molecule has 0 spiro atoms. The number of rotatable bonds is 5. The molecule has 2 aliphatic rings. The van der Waals surface area contributed by atoms with Gasteiger partial charge in [0.2, 0.25) is 0 Å². The summed E-state index contributed by atoms with van der Waals surface area (Å²) in [7, 11) is 1.70. The maximum Gasteiger partial charge on any atom is 0.133 e. The van der Waals surface area contributed by atoms with E-state index in [1.807, 2.05) is 6.07 Å². The molecule has 2 fully saturated rings. The van der Waals surface area contributed by atoms with Crippen molar-refractivity contribution in [2.45, 2.75) is 44.6 Å². The molecule has 0 aliphatic heterocycles. The molecular formula is C17H24BrNO. The van der Waals surface area contributed by atoms with Crippen molar-refractivity contribution in [3.8, 4) is 5.75 Å². The number of fused-ring (bicyclic) bond motifs is 2. The average Bonchev–Trinajstić information content (AvgIpc) is 3.01. The van der Waals surface area contributed by atoms with Gasteiger partial charge in [-0.2, -0.15) is 0 Å². The van der Waals surface area contributed by atoms with Crippen LogP contribution in [0.15, 0.2) is 22.7 Å². The third kappa shape index (κ3) is 3.04. The van der Waals surface area contributed by atoms with Crippen LogP contribution in [-0.4, -0.2) is 13.2 Å². The first-order valence-corrected chi connectivity index (χ1v) is 8.53. The van der Waals surface area contributed by atoms with Gasteiger partial charge >= 0.3 is 0 Å². The fourth-order valence-corrected chi connectivity index (χ4v) is 4.87. The Morgan fingerprint density at radius 3 is 2.80 bits per heavy atom. The van der Waals surface area contributed by atoms with E-state index in [0.29, 0.717) is 6.04 Å². The zero-order valence-corrected chi connectivity index (χ0v) is 13.7. The summed E-state index contributed by atoms with van der Waals surface area (Å²) < 4.78 is 6.29. The molecule has 2 N–H and O–H groups in total. The number of nitrogens with two attached hydrogens (primary N) is 1. The van der Waals surface area contributed by atoms with E-state index in [9.17, 15) is 0 Å². The van der Waals surface area contributed by atoms with Gasteiger partial charge in [0.25, 0.3) is 0 Å². The second kappa shape index (κ2) is 6.07. The molecule has 1 aromatic rings. The number of ether oxygens (including phenoxy) is 1. The van der Waals surface area contributed by atoms with Gasteiger partial charge < -0.3 is 10.5 Å². The van der Waals surface area contributed by atoms with Gasteiger partial charge in [0, 0.05) is 6.04 Å². The van der Waals surface area contributed by atoms with Gasteiger partial charge in [-0.05, 0) is 83.5 Å². The lowest BCUT2D eigenvalue weighted by molar-refractivity contribution is 0.294. The predicted molar refractivity (Wildman–Crippen MR) is 85.9 cm³/mol. The molecule has 3 rings (SSSR count). The van der Waals surface area contributed by atoms with E-state index in [2.05, 4.69) is 28.1 Å². The van der Waals surface area contributed by atoms with Crippen LogP contribution < -0.4 is 10.5 Å². The molecule has 2 aliphatic carbocycles. The number of benzene rings is 1. The van der Waals surface area contributed by atoms with E-state index in [1.165, 1.54) is 37.7 Å². The summed E-state index contributed by atoms with van der Waals surface area (Å²) >= 11 is 3.55. The molecule has 4 atom stereocenters. The highest BCUT2D eigenvalue weighted by molar-refractivity contribution is 9.10. The summed E-state index contributed by atoms with van der Waals surface area (Å²) in [6, 6.07) is 6.58. The third-order valence-electron chi connectivity index (χ3n) is 5.20. The van der Waals surface area contributed by atoms with Crippen molar-refractivity contribution >= 4 is 15.9 Å². The lowest BCUT2D eigenvalue weighted by Gasteiger charge is -2.24. The number of hydrogen-bond acceptors (Lipinski definition) is 2. The zero-order chi connectivity index (χ0) is 14.1. The van der Waals surface area contributed by atoms with Crippen LogP contribution in [0.3, 0.4) is 0 Å². The Hall–Kier alpha value is -0.540. The van der Waals surface area contributed by atoms with Crippen molar-refractivity contribution in [1.82, 2.24) is 0 Å². The Labute approximate surface area is 130 Å². The summed E-state index contributed by atoms with van der Waals surface area (Å²) in [6.45, 7) is 0. The van der Waals surface area contributed by atoms with Gasteiger partial charge in [-0.15, -0.1) is 0 Å². The van der Waals surface area contributed by atoms with Crippen LogP contribution in [0.5, 0.6) is 5.75 Å². The Morgan fingerprint density at radius 1 is 1.35 bits per heavy atom. The molecule has 0 saturated heterocycles. The first-order valence-electron chi connectivity index (χ1n) is 7.73. The van der Waals surface area contributed by atoms with Crippen LogP contribution >= 0.6 is 15.9 Å². The van der Waals surface area contributed by atoms with Crippen LogP contribution in [-0.2, 0) is 6.42 Å². The molecule has 4 unspecified atom stereocenters. The lowest BCUT2D eigenvalue weighted by Crippen LogP contribution is -2.28. The Bertz CT molecular complexity index is 476. The van der Waals surface area contributed by atoms with Gasteiger partial charge in [-0.1, -0.05) is 12.5 Å². The quantitative estimate of drug-likeness (QED) is 0.875. The van der Waals surface area contributed by atoms with Crippen LogP contribution in [0.2, 0.25) is 0 Å². The molecule has 2 nitrogen and oxygen atoms in total. The van der Waals surface area contributed by atoms with Crippen molar-refractivity contribution in [2.24, 2.45) is 23.5 Å². The van der Waals surface area contributed by atoms with E-state index in [-0.39, 0.29) is 0 Å². The number of methoxy groups -OCH3 is 1. The molecule has 1 aromatic carbocycles. The molecule has 0 amide bonds. The molecule has 0 radical (unpaired) electrons. The summed E-state index contributed by atoms with van der Waals surface area (Å²) in [5.41, 5.74) is 7.69. The molecule has 0 heterocycles. The maximum atomic E-state index is 6.39. The van der Waals surface area contributed by atoms with Crippen LogP contribution in [0.1, 0.15) is 37.7 Å². The van der Waals surface area contributed by atoms with Crippen LogP contribution in [0, 0.1) is 17.8 Å². The fourth-order valence-electron chi connectivity index (χ4n) is 4.28. The number of halogens is 1. The highest BCUT2D eigenvalue weighted by Gasteiger charge is 2.39. The van der Waals surface area contributed by atoms with Gasteiger partial charge in [-0.3, -0.25) is 0 Å². The maximum absolute atomic E-state index is 6.39. The first kappa shape index (κ1) is 14.4. The zero-order valence-electron chi connectivity index (χ0n) is 12.1. The van der Waals surface area contributed by atoms with Crippen molar-refractivity contribution in [3.05, 3.63) is 28.2 Å². The minimum atomic E-state index is 0.291. The Balaban J connectivity index is 1.56. The van der Waals surface area contributed by atoms with Crippen molar-refractivity contribution in [1.29, 1.82) is 0 Å². The van der Waals surface area contributed by atoms with Gasteiger partial charge in [-0.25, -0.2) is 0 Å². The van der Waals surface area contributed by atoms with E-state index in [1.54, 1.807) is 7.11 Å². The topological polar surface area (TPSA) is 35.2 Å². The predicted octanol–water partition coefficient (Wildman–Crippen LogP) is 4.15. The van der Waals surface area contributed by atoms with E-state index in [0.717, 1.165) is 34.4 Å². The molecule has 110 valence electrons. The Morgan fingerprint density at radius 2 is 2.20 bits per heavy atom. The summed E-state index contributed by atoms with van der Waals surface area (Å²) in [5, 5.41) is 0. The van der Waals surface area contributed by atoms with Crippen LogP contribution in [0.25, 0.3) is 0 Å². The SMILES string of the molecule is COc1ccc(CC(N)CC2CC3CCC2C3)cc1Br. The van der Waals surface area contributed by atoms with E-state index >= 15 is 0 Å². The average molecular weight is 338 g/mol. The summed E-state index contributed by atoms with van der Waals surface area (Å²) in [6.07, 6.45) is 8.01. The highest BCUT2D eigenvalue weighted by atomic mass is 79.9. The summed E-state index contributed by atoms with van der Waals surface area (Å²) in [5.74, 6) is 3.78. The lowest BCUT2D eigenvalue weighted by atomic mass is 9.83. The molecule has 20 heavy (non-hydrogen) atoms. The minimum absolute atomic E-state index is 0.291. The fraction of sp³-hybridized carbons (Fsp3) is 0.647. The second-order valence-electron chi connectivity index (χ2n) is 6.60. The minimum Gasteiger partial charge on any atom is -0.496 e.